The Morgan fingerprint density at radius 1 is 1.00 bits per heavy atom. The number of methoxy groups -OCH3 is 1. The lowest BCUT2D eigenvalue weighted by atomic mass is 9.81. The lowest BCUT2D eigenvalue weighted by molar-refractivity contribution is -0.150. The van der Waals surface area contributed by atoms with Crippen LogP contribution in [0.4, 0.5) is 5.69 Å². The van der Waals surface area contributed by atoms with Gasteiger partial charge in [-0.3, -0.25) is 9.59 Å². The number of carboxylic acid groups (broad SMARTS) is 2. The van der Waals surface area contributed by atoms with Crippen LogP contribution in [0.15, 0.2) is 18.2 Å². The number of amides is 1. The van der Waals surface area contributed by atoms with Crippen LogP contribution in [0, 0.1) is 10.8 Å². The number of aromatic carboxylic acids is 2. The third kappa shape index (κ3) is 3.51. The summed E-state index contributed by atoms with van der Waals surface area (Å²) in [5.74, 6) is -3.11. The van der Waals surface area contributed by atoms with Gasteiger partial charge in [-0.05, 0) is 55.7 Å². The van der Waals surface area contributed by atoms with Crippen LogP contribution in [-0.2, 0) is 14.3 Å². The molecule has 0 atom stereocenters. The molecule has 2 aliphatic carbocycles. The fourth-order valence-electron chi connectivity index (χ4n) is 3.91. The molecule has 0 radical (unpaired) electrons. The van der Waals surface area contributed by atoms with Gasteiger partial charge in [0.25, 0.3) is 0 Å². The molecule has 8 nitrogen and oxygen atoms in total. The van der Waals surface area contributed by atoms with Crippen LogP contribution in [0.1, 0.15) is 59.2 Å². The van der Waals surface area contributed by atoms with Gasteiger partial charge in [0.2, 0.25) is 5.91 Å². The molecule has 0 aromatic heterocycles. The topological polar surface area (TPSA) is 130 Å². The van der Waals surface area contributed by atoms with Gasteiger partial charge in [0.05, 0.1) is 23.7 Å². The van der Waals surface area contributed by atoms with Crippen LogP contribution < -0.4 is 5.32 Å². The fourth-order valence-corrected chi connectivity index (χ4v) is 3.91. The number of carboxylic acids is 2. The molecule has 1 amide bonds. The zero-order chi connectivity index (χ0) is 19.8. The molecule has 0 saturated heterocycles. The first-order valence-electron chi connectivity index (χ1n) is 8.73. The van der Waals surface area contributed by atoms with Gasteiger partial charge < -0.3 is 20.3 Å². The van der Waals surface area contributed by atoms with Gasteiger partial charge >= 0.3 is 17.9 Å². The van der Waals surface area contributed by atoms with E-state index in [0.717, 1.165) is 31.7 Å². The number of ether oxygens (including phenoxy) is 1. The molecule has 1 aromatic rings. The largest absolute Gasteiger partial charge is 0.478 e. The number of benzene rings is 1. The van der Waals surface area contributed by atoms with E-state index < -0.39 is 17.4 Å². The van der Waals surface area contributed by atoms with E-state index >= 15 is 0 Å². The molecule has 3 rings (SSSR count). The molecule has 2 aliphatic rings. The molecule has 0 spiro atoms. The number of hydrogen-bond donors (Lipinski definition) is 3. The van der Waals surface area contributed by atoms with Crippen molar-refractivity contribution in [2.75, 3.05) is 12.4 Å². The summed E-state index contributed by atoms with van der Waals surface area (Å²) in [6.45, 7) is 0. The highest BCUT2D eigenvalue weighted by molar-refractivity contribution is 5.98. The second kappa shape index (κ2) is 6.68. The lowest BCUT2D eigenvalue weighted by Crippen LogP contribution is -2.29. The van der Waals surface area contributed by atoms with Gasteiger partial charge in [0.1, 0.15) is 0 Å². The van der Waals surface area contributed by atoms with Crippen LogP contribution in [0.25, 0.3) is 0 Å². The van der Waals surface area contributed by atoms with E-state index in [0.29, 0.717) is 6.42 Å². The fraction of sp³-hybridized carbons (Fsp3) is 0.474. The Balaban J connectivity index is 1.66. The van der Waals surface area contributed by atoms with E-state index in [4.69, 9.17) is 14.9 Å². The minimum absolute atomic E-state index is 0.122. The molecule has 8 heteroatoms. The van der Waals surface area contributed by atoms with Crippen LogP contribution in [-0.4, -0.2) is 41.1 Å². The van der Waals surface area contributed by atoms with E-state index in [-0.39, 0.29) is 40.5 Å². The quantitative estimate of drug-likeness (QED) is 0.595. The van der Waals surface area contributed by atoms with Crippen molar-refractivity contribution < 1.29 is 34.1 Å². The first kappa shape index (κ1) is 18.9. The second-order valence-electron chi connectivity index (χ2n) is 7.31. The highest BCUT2D eigenvalue weighted by Crippen LogP contribution is 2.72. The molecular weight excluding hydrogens is 354 g/mol. The molecule has 2 saturated carbocycles. The summed E-state index contributed by atoms with van der Waals surface area (Å²) >= 11 is 0. The average molecular weight is 375 g/mol. The van der Waals surface area contributed by atoms with Gasteiger partial charge in [-0.25, -0.2) is 9.59 Å². The van der Waals surface area contributed by atoms with Crippen LogP contribution in [0.2, 0.25) is 0 Å². The maximum absolute atomic E-state index is 12.3. The summed E-state index contributed by atoms with van der Waals surface area (Å²) in [7, 11) is 1.38. The normalized spacial score (nSPS) is 18.3. The van der Waals surface area contributed by atoms with E-state index in [1.54, 1.807) is 0 Å². The van der Waals surface area contributed by atoms with Crippen molar-refractivity contribution in [2.24, 2.45) is 10.8 Å². The molecule has 2 fully saturated rings. The van der Waals surface area contributed by atoms with E-state index in [1.807, 2.05) is 0 Å². The molecule has 1 aromatic carbocycles. The highest BCUT2D eigenvalue weighted by Gasteiger charge is 2.69. The lowest BCUT2D eigenvalue weighted by Gasteiger charge is -2.24. The number of nitrogens with one attached hydrogen (secondary N) is 1. The molecule has 0 unspecified atom stereocenters. The molecule has 3 N–H and O–H groups in total. The second-order valence-corrected chi connectivity index (χ2v) is 7.31. The minimum Gasteiger partial charge on any atom is -0.478 e. The standard InChI is InChI=1S/C19H21NO7/c1-27-17(26)19(6-7-19)18(4-5-18)3-2-14(21)20-13-9-11(15(22)23)8-12(10-13)16(24)25/h8-10H,2-7H2,1H3,(H,20,21)(H,22,23)(H,24,25). The van der Waals surface area contributed by atoms with E-state index in [2.05, 4.69) is 5.32 Å². The smallest absolute Gasteiger partial charge is 0.335 e. The number of carbonyl (C=O) groups is 4. The van der Waals surface area contributed by atoms with Gasteiger partial charge in [-0.1, -0.05) is 0 Å². The van der Waals surface area contributed by atoms with Gasteiger partial charge in [-0.15, -0.1) is 0 Å². The van der Waals surface area contributed by atoms with Crippen molar-refractivity contribution in [3.8, 4) is 0 Å². The maximum atomic E-state index is 12.3. The Hall–Kier alpha value is -2.90. The number of esters is 1. The summed E-state index contributed by atoms with van der Waals surface area (Å²) < 4.78 is 4.93. The van der Waals surface area contributed by atoms with Crippen LogP contribution in [0.5, 0.6) is 0 Å². The van der Waals surface area contributed by atoms with E-state index in [9.17, 15) is 19.2 Å². The monoisotopic (exact) mass is 375 g/mol. The zero-order valence-corrected chi connectivity index (χ0v) is 14.9. The van der Waals surface area contributed by atoms with Gasteiger partial charge in [-0.2, -0.15) is 0 Å². The first-order valence-corrected chi connectivity index (χ1v) is 8.73. The summed E-state index contributed by atoms with van der Waals surface area (Å²) in [5, 5.41) is 20.7. The Kier molecular flexibility index (Phi) is 4.67. The van der Waals surface area contributed by atoms with Gasteiger partial charge in [0, 0.05) is 12.1 Å². The first-order chi connectivity index (χ1) is 12.7. The molecule has 0 aliphatic heterocycles. The van der Waals surface area contributed by atoms with E-state index in [1.165, 1.54) is 19.2 Å². The molecule has 0 heterocycles. The third-order valence-electron chi connectivity index (χ3n) is 5.74. The number of rotatable bonds is 8. The Bertz CT molecular complexity index is 789. The molecule has 144 valence electrons. The number of hydrogen-bond acceptors (Lipinski definition) is 5. The molecule has 27 heavy (non-hydrogen) atoms. The summed E-state index contributed by atoms with van der Waals surface area (Å²) in [6, 6.07) is 3.47. The summed E-state index contributed by atoms with van der Waals surface area (Å²) in [4.78, 5) is 46.7. The predicted octanol–water partition coefficient (Wildman–Crippen LogP) is 2.54. The Morgan fingerprint density at radius 2 is 1.56 bits per heavy atom. The third-order valence-corrected chi connectivity index (χ3v) is 5.74. The van der Waals surface area contributed by atoms with Crippen LogP contribution >= 0.6 is 0 Å². The summed E-state index contributed by atoms with van der Waals surface area (Å²) in [5.41, 5.74) is -0.955. The number of anilines is 1. The minimum atomic E-state index is -1.28. The average Bonchev–Trinajstić information content (AvgIpc) is 3.53. The van der Waals surface area contributed by atoms with Crippen molar-refractivity contribution in [1.82, 2.24) is 0 Å². The predicted molar refractivity (Wildman–Crippen MR) is 93.6 cm³/mol. The number of carbonyl (C=O) groups excluding carboxylic acids is 2. The van der Waals surface area contributed by atoms with Crippen molar-refractivity contribution in [1.29, 1.82) is 0 Å². The van der Waals surface area contributed by atoms with Crippen molar-refractivity contribution in [3.05, 3.63) is 29.3 Å². The Morgan fingerprint density at radius 3 is 1.96 bits per heavy atom. The van der Waals surface area contributed by atoms with Crippen molar-refractivity contribution in [3.63, 3.8) is 0 Å². The van der Waals surface area contributed by atoms with Crippen molar-refractivity contribution >= 4 is 29.5 Å². The Labute approximate surface area is 155 Å². The van der Waals surface area contributed by atoms with Crippen molar-refractivity contribution in [2.45, 2.75) is 38.5 Å². The van der Waals surface area contributed by atoms with Crippen LogP contribution in [0.3, 0.4) is 0 Å². The molecular formula is C19H21NO7. The summed E-state index contributed by atoms with van der Waals surface area (Å²) in [6.07, 6.45) is 4.03. The highest BCUT2D eigenvalue weighted by atomic mass is 16.5. The SMILES string of the molecule is COC(=O)C1(C2(CCC(=O)Nc3cc(C(=O)O)cc(C(=O)O)c3)CC2)CC1. The molecule has 0 bridgehead atoms. The van der Waals surface area contributed by atoms with Gasteiger partial charge in [0.15, 0.2) is 0 Å². The maximum Gasteiger partial charge on any atom is 0.335 e. The zero-order valence-electron chi connectivity index (χ0n) is 14.9.